The average molecular weight is 310 g/mol. The molecule has 1 amide bonds. The largest absolute Gasteiger partial charge is 0.506 e. The zero-order chi connectivity index (χ0) is 15.1. The smallest absolute Gasteiger partial charge is 0.379 e. The summed E-state index contributed by atoms with van der Waals surface area (Å²) in [6, 6.07) is 4.14. The monoisotopic (exact) mass is 310 g/mol. The number of benzene rings is 1. The molecule has 0 bridgehead atoms. The summed E-state index contributed by atoms with van der Waals surface area (Å²) in [6.07, 6.45) is 0. The van der Waals surface area contributed by atoms with E-state index in [9.17, 15) is 18.9 Å². The summed E-state index contributed by atoms with van der Waals surface area (Å²) in [7, 11) is 1.33. The minimum atomic E-state index is -1.76. The second-order valence-electron chi connectivity index (χ2n) is 4.29. The van der Waals surface area contributed by atoms with Crippen LogP contribution >= 0.6 is 0 Å². The lowest BCUT2D eigenvalue weighted by Gasteiger charge is -2.15. The second kappa shape index (κ2) is 4.77. The number of carbonyl (C=O) groups excluding carboxylic acids is 1. The first-order valence-electron chi connectivity index (χ1n) is 5.83. The van der Waals surface area contributed by atoms with Crippen LogP contribution in [0.2, 0.25) is 0 Å². The van der Waals surface area contributed by atoms with Gasteiger partial charge in [0.25, 0.3) is 5.91 Å². The fourth-order valence-electron chi connectivity index (χ4n) is 2.02. The molecule has 2 aromatic rings. The van der Waals surface area contributed by atoms with Crippen LogP contribution in [0, 0.1) is 0 Å². The predicted molar refractivity (Wildman–Crippen MR) is 74.3 cm³/mol. The van der Waals surface area contributed by atoms with E-state index in [1.807, 2.05) is 0 Å². The van der Waals surface area contributed by atoms with Crippen LogP contribution in [-0.4, -0.2) is 28.9 Å². The van der Waals surface area contributed by atoms with E-state index in [-0.39, 0.29) is 29.3 Å². The van der Waals surface area contributed by atoms with Gasteiger partial charge in [-0.1, -0.05) is 0 Å². The SMILES string of the molecule is COc1cc2cc(N3CC(=O)NS3=O)c(O)cc2oc1=O. The van der Waals surface area contributed by atoms with E-state index < -0.39 is 22.7 Å². The molecule has 1 aromatic heterocycles. The molecule has 1 aromatic carbocycles. The molecular formula is C12H10N2O6S. The molecule has 1 atom stereocenters. The van der Waals surface area contributed by atoms with Gasteiger partial charge in [0, 0.05) is 11.5 Å². The van der Waals surface area contributed by atoms with Crippen LogP contribution in [0.25, 0.3) is 11.0 Å². The molecule has 8 nitrogen and oxygen atoms in total. The Labute approximate surface area is 120 Å². The van der Waals surface area contributed by atoms with Crippen LogP contribution in [0.15, 0.2) is 27.4 Å². The first-order chi connectivity index (χ1) is 9.99. The summed E-state index contributed by atoms with van der Waals surface area (Å²) < 4.78 is 25.1. The summed E-state index contributed by atoms with van der Waals surface area (Å²) >= 11 is -1.76. The summed E-state index contributed by atoms with van der Waals surface area (Å²) in [5.41, 5.74) is -0.319. The molecule has 3 rings (SSSR count). The normalized spacial score (nSPS) is 18.0. The molecule has 110 valence electrons. The van der Waals surface area contributed by atoms with Gasteiger partial charge in [-0.25, -0.2) is 9.00 Å². The van der Waals surface area contributed by atoms with Crippen molar-refractivity contribution in [1.82, 2.24) is 4.72 Å². The fraction of sp³-hybridized carbons (Fsp3) is 0.167. The quantitative estimate of drug-likeness (QED) is 0.757. The van der Waals surface area contributed by atoms with Crippen molar-refractivity contribution in [2.24, 2.45) is 0 Å². The Morgan fingerprint density at radius 2 is 2.14 bits per heavy atom. The molecule has 2 N–H and O–H groups in total. The van der Waals surface area contributed by atoms with Crippen molar-refractivity contribution in [3.63, 3.8) is 0 Å². The van der Waals surface area contributed by atoms with Crippen LogP contribution in [0.3, 0.4) is 0 Å². The molecule has 0 saturated carbocycles. The number of phenols is 1. The Kier molecular flexibility index (Phi) is 3.05. The van der Waals surface area contributed by atoms with Crippen molar-refractivity contribution in [2.45, 2.75) is 0 Å². The van der Waals surface area contributed by atoms with E-state index >= 15 is 0 Å². The van der Waals surface area contributed by atoms with Gasteiger partial charge in [-0.05, 0) is 12.1 Å². The van der Waals surface area contributed by atoms with Crippen molar-refractivity contribution < 1.29 is 23.3 Å². The van der Waals surface area contributed by atoms with Gasteiger partial charge >= 0.3 is 5.63 Å². The number of hydrogen-bond acceptors (Lipinski definition) is 6. The van der Waals surface area contributed by atoms with Gasteiger partial charge < -0.3 is 14.3 Å². The lowest BCUT2D eigenvalue weighted by molar-refractivity contribution is -0.117. The highest BCUT2D eigenvalue weighted by Crippen LogP contribution is 2.34. The van der Waals surface area contributed by atoms with Crippen LogP contribution in [0.1, 0.15) is 0 Å². The standard InChI is InChI=1S/C12H10N2O6S/c1-19-10-3-6-2-7(14-5-11(16)13-21(14)18)8(15)4-9(6)20-12(10)17/h2-4,15H,5H2,1H3,(H,13,16). The molecule has 9 heteroatoms. The Hall–Kier alpha value is -2.55. The molecule has 0 aliphatic carbocycles. The van der Waals surface area contributed by atoms with Gasteiger partial charge in [-0.15, -0.1) is 0 Å². The van der Waals surface area contributed by atoms with Crippen LogP contribution in [0.4, 0.5) is 5.69 Å². The Bertz CT molecular complexity index is 830. The Morgan fingerprint density at radius 1 is 1.38 bits per heavy atom. The summed E-state index contributed by atoms with van der Waals surface area (Å²) in [5.74, 6) is -0.651. The zero-order valence-corrected chi connectivity index (χ0v) is 11.6. The van der Waals surface area contributed by atoms with Gasteiger partial charge in [0.2, 0.25) is 16.9 Å². The third-order valence-electron chi connectivity index (χ3n) is 2.97. The van der Waals surface area contributed by atoms with Crippen LogP contribution in [0.5, 0.6) is 11.5 Å². The van der Waals surface area contributed by atoms with Gasteiger partial charge in [0.15, 0.2) is 0 Å². The minimum absolute atomic E-state index is 0.0101. The number of fused-ring (bicyclic) bond motifs is 1. The molecule has 1 aliphatic rings. The van der Waals surface area contributed by atoms with E-state index in [2.05, 4.69) is 4.72 Å². The Balaban J connectivity index is 2.18. The number of aromatic hydroxyl groups is 1. The molecule has 1 fully saturated rings. The van der Waals surface area contributed by atoms with Crippen molar-refractivity contribution in [2.75, 3.05) is 18.0 Å². The van der Waals surface area contributed by atoms with Crippen LogP contribution < -0.4 is 19.4 Å². The second-order valence-corrected chi connectivity index (χ2v) is 5.44. The third-order valence-corrected chi connectivity index (χ3v) is 4.10. The highest BCUT2D eigenvalue weighted by atomic mass is 32.2. The first kappa shape index (κ1) is 13.4. The number of phenolic OH excluding ortho intramolecular Hbond substituents is 1. The highest BCUT2D eigenvalue weighted by molar-refractivity contribution is 7.85. The zero-order valence-electron chi connectivity index (χ0n) is 10.8. The molecule has 1 unspecified atom stereocenters. The van der Waals surface area contributed by atoms with E-state index in [1.165, 1.54) is 29.6 Å². The number of rotatable bonds is 2. The fourth-order valence-corrected chi connectivity index (χ4v) is 2.94. The topological polar surface area (TPSA) is 109 Å². The van der Waals surface area contributed by atoms with Crippen molar-refractivity contribution in [3.8, 4) is 11.5 Å². The first-order valence-corrected chi connectivity index (χ1v) is 6.94. The number of carbonyl (C=O) groups is 1. The van der Waals surface area contributed by atoms with Crippen molar-refractivity contribution in [3.05, 3.63) is 28.6 Å². The molecular weight excluding hydrogens is 300 g/mol. The van der Waals surface area contributed by atoms with Gasteiger partial charge in [-0.2, -0.15) is 0 Å². The maximum atomic E-state index is 11.7. The van der Waals surface area contributed by atoms with E-state index in [0.717, 1.165) is 0 Å². The number of ether oxygens (including phenoxy) is 1. The van der Waals surface area contributed by atoms with E-state index in [1.54, 1.807) is 0 Å². The summed E-state index contributed by atoms with van der Waals surface area (Å²) in [5, 5.41) is 10.5. The van der Waals surface area contributed by atoms with Crippen LogP contribution in [-0.2, 0) is 16.0 Å². The molecule has 1 aliphatic heterocycles. The maximum absolute atomic E-state index is 11.7. The molecule has 0 radical (unpaired) electrons. The highest BCUT2D eigenvalue weighted by Gasteiger charge is 2.29. The maximum Gasteiger partial charge on any atom is 0.379 e. The van der Waals surface area contributed by atoms with Crippen molar-refractivity contribution >= 4 is 33.7 Å². The lowest BCUT2D eigenvalue weighted by atomic mass is 10.2. The van der Waals surface area contributed by atoms with Gasteiger partial charge in [0.1, 0.15) is 17.9 Å². The average Bonchev–Trinajstić information content (AvgIpc) is 2.76. The number of nitrogens with one attached hydrogen (secondary N) is 1. The molecule has 0 spiro atoms. The summed E-state index contributed by atoms with van der Waals surface area (Å²) in [6.45, 7) is -0.139. The van der Waals surface area contributed by atoms with E-state index in [4.69, 9.17) is 9.15 Å². The molecule has 1 saturated heterocycles. The number of hydrogen-bond donors (Lipinski definition) is 2. The number of nitrogens with zero attached hydrogens (tertiary/aromatic N) is 1. The number of methoxy groups -OCH3 is 1. The predicted octanol–water partition coefficient (Wildman–Crippen LogP) is 0.0221. The lowest BCUT2D eigenvalue weighted by Crippen LogP contribution is -2.22. The molecule has 21 heavy (non-hydrogen) atoms. The van der Waals surface area contributed by atoms with Gasteiger partial charge in [-0.3, -0.25) is 13.8 Å². The number of amides is 1. The Morgan fingerprint density at radius 3 is 2.76 bits per heavy atom. The van der Waals surface area contributed by atoms with Gasteiger partial charge in [0.05, 0.1) is 12.8 Å². The van der Waals surface area contributed by atoms with E-state index in [0.29, 0.717) is 5.39 Å². The van der Waals surface area contributed by atoms with Crippen molar-refractivity contribution in [1.29, 1.82) is 0 Å². The number of anilines is 1. The minimum Gasteiger partial charge on any atom is -0.506 e. The molecule has 2 heterocycles. The summed E-state index contributed by atoms with van der Waals surface area (Å²) in [4.78, 5) is 22.8. The third kappa shape index (κ3) is 2.21.